The number of nitrogens with one attached hydrogen (secondary N) is 1. The average Bonchev–Trinajstić information content (AvgIpc) is 2.10. The third-order valence-electron chi connectivity index (χ3n) is 1.56. The maximum Gasteiger partial charge on any atom is 0.259 e. The summed E-state index contributed by atoms with van der Waals surface area (Å²) in [4.78, 5) is 0. The van der Waals surface area contributed by atoms with Crippen molar-refractivity contribution in [2.24, 2.45) is 0 Å². The van der Waals surface area contributed by atoms with Gasteiger partial charge in [-0.2, -0.15) is 11.8 Å². The minimum Gasteiger partial charge on any atom is -0.430 e. The predicted octanol–water partition coefficient (Wildman–Crippen LogP) is 1.89. The largest absolute Gasteiger partial charge is 0.430 e. The van der Waals surface area contributed by atoms with Crippen LogP contribution in [0.2, 0.25) is 0 Å². The highest BCUT2D eigenvalue weighted by Gasteiger charge is 2.01. The molecule has 0 bridgehead atoms. The summed E-state index contributed by atoms with van der Waals surface area (Å²) in [5, 5.41) is 3.69. The number of allylic oxidation sites excluding steroid dienone is 2. The first kappa shape index (κ1) is 11.4. The smallest absolute Gasteiger partial charge is 0.259 e. The second-order valence-electron chi connectivity index (χ2n) is 2.45. The van der Waals surface area contributed by atoms with Crippen LogP contribution in [0.25, 0.3) is 0 Å². The minimum atomic E-state index is 0.474. The molecule has 0 spiro atoms. The number of hydrogen-bond acceptors (Lipinski definition) is 2. The molecule has 0 heterocycles. The Balaban J connectivity index is 3.56. The van der Waals surface area contributed by atoms with Crippen LogP contribution in [0, 0.1) is 0 Å². The summed E-state index contributed by atoms with van der Waals surface area (Å²) in [6.07, 6.45) is 5.77. The monoisotopic (exact) mass is 181 g/mol. The molecule has 0 aromatic carbocycles. The van der Waals surface area contributed by atoms with Gasteiger partial charge < -0.3 is 5.23 Å². The molecule has 0 saturated carbocycles. The number of rotatable bonds is 6. The highest BCUT2D eigenvalue weighted by molar-refractivity contribution is 7.99. The third-order valence-corrected chi connectivity index (χ3v) is 2.56. The van der Waals surface area contributed by atoms with Crippen molar-refractivity contribution < 1.29 is 0 Å². The van der Waals surface area contributed by atoms with Gasteiger partial charge in [0.1, 0.15) is 0 Å². The van der Waals surface area contributed by atoms with Gasteiger partial charge in [0.15, 0.2) is 0 Å². The van der Waals surface area contributed by atoms with Crippen LogP contribution in [-0.4, -0.2) is 18.9 Å². The highest BCUT2D eigenvalue weighted by atomic mass is 32.2. The van der Waals surface area contributed by atoms with Crippen LogP contribution in [0.4, 0.5) is 0 Å². The lowest BCUT2D eigenvalue weighted by Gasteiger charge is -2.12. The molecule has 3 heteroatoms. The van der Waals surface area contributed by atoms with Gasteiger partial charge in [0, 0.05) is 10.9 Å². The molecule has 0 amide bonds. The van der Waals surface area contributed by atoms with Crippen LogP contribution in [0.15, 0.2) is 37.0 Å². The fraction of sp³-hybridized carbons (Fsp3) is 0.333. The van der Waals surface area contributed by atoms with Crippen molar-refractivity contribution in [3.05, 3.63) is 37.0 Å². The summed E-state index contributed by atoms with van der Waals surface area (Å²) in [5.41, 5.74) is 1.08. The molecule has 0 aliphatic carbocycles. The van der Waals surface area contributed by atoms with E-state index in [0.717, 1.165) is 13.1 Å². The molecule has 0 aliphatic heterocycles. The molecular formula is C9H16BNS. The van der Waals surface area contributed by atoms with Gasteiger partial charge in [0.05, 0.1) is 0 Å². The zero-order valence-corrected chi connectivity index (χ0v) is 8.66. The van der Waals surface area contributed by atoms with E-state index < -0.39 is 0 Å². The molecule has 0 rings (SSSR count). The summed E-state index contributed by atoms with van der Waals surface area (Å²) < 4.78 is 0. The standard InChI is InChI=1S/C9H16BNS/c1-5-6-7-10-11-8(2)9(3)12-4/h5-7,9-11H,1-2H2,3-4H3/b7-6+. The molecule has 1 N–H and O–H groups in total. The third kappa shape index (κ3) is 5.13. The van der Waals surface area contributed by atoms with E-state index in [1.165, 1.54) is 0 Å². The summed E-state index contributed by atoms with van der Waals surface area (Å²) in [5.74, 6) is 2.02. The van der Waals surface area contributed by atoms with Gasteiger partial charge in [-0.25, -0.2) is 0 Å². The van der Waals surface area contributed by atoms with Crippen molar-refractivity contribution in [2.45, 2.75) is 12.2 Å². The first-order valence-corrected chi connectivity index (χ1v) is 5.24. The first-order chi connectivity index (χ1) is 5.72. The van der Waals surface area contributed by atoms with Crippen LogP contribution in [-0.2, 0) is 0 Å². The van der Waals surface area contributed by atoms with E-state index >= 15 is 0 Å². The summed E-state index contributed by atoms with van der Waals surface area (Å²) in [6, 6.07) is 0. The molecule has 0 aliphatic rings. The number of thioether (sulfide) groups is 1. The van der Waals surface area contributed by atoms with Crippen LogP contribution in [0.5, 0.6) is 0 Å². The van der Waals surface area contributed by atoms with Gasteiger partial charge in [-0.3, -0.25) is 0 Å². The van der Waals surface area contributed by atoms with Gasteiger partial charge in [0.25, 0.3) is 7.41 Å². The molecule has 12 heavy (non-hydrogen) atoms. The summed E-state index contributed by atoms with van der Waals surface area (Å²) >= 11 is 1.79. The predicted molar refractivity (Wildman–Crippen MR) is 61.7 cm³/mol. The Labute approximate surface area is 80.3 Å². The molecule has 0 aromatic rings. The van der Waals surface area contributed by atoms with E-state index in [1.807, 2.05) is 12.1 Å². The maximum absolute atomic E-state index is 3.93. The van der Waals surface area contributed by atoms with Gasteiger partial charge in [-0.05, 0) is 13.2 Å². The van der Waals surface area contributed by atoms with Crippen molar-refractivity contribution >= 4 is 19.2 Å². The molecule has 1 atom stereocenters. The van der Waals surface area contributed by atoms with E-state index in [9.17, 15) is 0 Å². The Bertz CT molecular complexity index is 177. The second kappa shape index (κ2) is 7.10. The van der Waals surface area contributed by atoms with Gasteiger partial charge in [-0.15, -0.1) is 0 Å². The zero-order valence-electron chi connectivity index (χ0n) is 7.84. The normalized spacial score (nSPS) is 12.5. The van der Waals surface area contributed by atoms with Gasteiger partial charge in [0.2, 0.25) is 0 Å². The Morgan fingerprint density at radius 2 is 2.33 bits per heavy atom. The minimum absolute atomic E-state index is 0.474. The van der Waals surface area contributed by atoms with Crippen molar-refractivity contribution in [3.63, 3.8) is 0 Å². The highest BCUT2D eigenvalue weighted by Crippen LogP contribution is 2.10. The van der Waals surface area contributed by atoms with Gasteiger partial charge in [-0.1, -0.05) is 31.3 Å². The summed E-state index contributed by atoms with van der Waals surface area (Å²) in [6.45, 7) is 9.66. The van der Waals surface area contributed by atoms with E-state index in [4.69, 9.17) is 0 Å². The Hall–Kier alpha value is -0.565. The molecule has 0 saturated heterocycles. The lowest BCUT2D eigenvalue weighted by atomic mass is 9.93. The van der Waals surface area contributed by atoms with Crippen molar-refractivity contribution in [1.82, 2.24) is 5.23 Å². The maximum atomic E-state index is 3.93. The lowest BCUT2D eigenvalue weighted by molar-refractivity contribution is 1.03. The molecule has 0 aromatic heterocycles. The zero-order chi connectivity index (χ0) is 9.40. The first-order valence-electron chi connectivity index (χ1n) is 3.95. The summed E-state index contributed by atoms with van der Waals surface area (Å²) in [7, 11) is 0.829. The van der Waals surface area contributed by atoms with Crippen LogP contribution < -0.4 is 5.23 Å². The van der Waals surface area contributed by atoms with Crippen LogP contribution >= 0.6 is 11.8 Å². The lowest BCUT2D eigenvalue weighted by Crippen LogP contribution is -2.21. The molecule has 0 radical (unpaired) electrons. The van der Waals surface area contributed by atoms with Crippen LogP contribution in [0.1, 0.15) is 6.92 Å². The fourth-order valence-electron chi connectivity index (χ4n) is 0.640. The molecule has 1 nitrogen and oxygen atoms in total. The van der Waals surface area contributed by atoms with Crippen molar-refractivity contribution in [1.29, 1.82) is 0 Å². The van der Waals surface area contributed by atoms with Crippen LogP contribution in [0.3, 0.4) is 0 Å². The van der Waals surface area contributed by atoms with E-state index in [-0.39, 0.29) is 0 Å². The van der Waals surface area contributed by atoms with E-state index in [1.54, 1.807) is 17.8 Å². The quantitative estimate of drug-likeness (QED) is 0.496. The Morgan fingerprint density at radius 1 is 1.67 bits per heavy atom. The van der Waals surface area contributed by atoms with Gasteiger partial charge >= 0.3 is 0 Å². The van der Waals surface area contributed by atoms with E-state index in [2.05, 4.69) is 31.6 Å². The molecule has 0 fully saturated rings. The van der Waals surface area contributed by atoms with Crippen molar-refractivity contribution in [2.75, 3.05) is 6.26 Å². The van der Waals surface area contributed by atoms with Crippen molar-refractivity contribution in [3.8, 4) is 0 Å². The number of hydrogen-bond donors (Lipinski definition) is 1. The SMILES string of the molecule is C=C/C=C/BNC(=C)C(C)SC. The fourth-order valence-corrected chi connectivity index (χ4v) is 1.01. The average molecular weight is 181 g/mol. The Morgan fingerprint density at radius 3 is 2.83 bits per heavy atom. The Kier molecular flexibility index (Phi) is 6.77. The molecule has 66 valence electrons. The second-order valence-corrected chi connectivity index (χ2v) is 3.63. The van der Waals surface area contributed by atoms with E-state index in [0.29, 0.717) is 5.25 Å². The topological polar surface area (TPSA) is 12.0 Å². The molecular weight excluding hydrogens is 165 g/mol. The molecule has 1 unspecified atom stereocenters.